The minimum atomic E-state index is -0.166. The Balaban J connectivity index is 2.10. The van der Waals surface area contributed by atoms with Gasteiger partial charge in [0.2, 0.25) is 0 Å². The first-order valence-corrected chi connectivity index (χ1v) is 7.54. The van der Waals surface area contributed by atoms with E-state index < -0.39 is 0 Å². The summed E-state index contributed by atoms with van der Waals surface area (Å²) in [6.45, 7) is 4.34. The van der Waals surface area contributed by atoms with Crippen LogP contribution in [0.15, 0.2) is 54.6 Å². The molecule has 0 heterocycles. The highest BCUT2D eigenvalue weighted by atomic mass is 16.1. The van der Waals surface area contributed by atoms with Crippen molar-refractivity contribution in [3.05, 3.63) is 71.3 Å². The molecule has 2 aromatic carbocycles. The van der Waals surface area contributed by atoms with Gasteiger partial charge in [-0.2, -0.15) is 0 Å². The zero-order chi connectivity index (χ0) is 15.9. The van der Waals surface area contributed by atoms with E-state index in [9.17, 15) is 9.59 Å². The van der Waals surface area contributed by atoms with Gasteiger partial charge in [0, 0.05) is 11.1 Å². The van der Waals surface area contributed by atoms with Gasteiger partial charge < -0.3 is 5.32 Å². The predicted molar refractivity (Wildman–Crippen MR) is 88.2 cm³/mol. The van der Waals surface area contributed by atoms with Gasteiger partial charge in [0.1, 0.15) is 5.78 Å². The average Bonchev–Trinajstić information content (AvgIpc) is 2.55. The lowest BCUT2D eigenvalue weighted by Gasteiger charge is -2.14. The number of carbonyl (C=O) groups is 2. The van der Waals surface area contributed by atoms with Crippen molar-refractivity contribution in [1.82, 2.24) is 5.32 Å². The molecule has 0 aromatic heterocycles. The predicted octanol–water partition coefficient (Wildman–Crippen LogP) is 3.03. The van der Waals surface area contributed by atoms with Crippen LogP contribution in [0.3, 0.4) is 0 Å². The molecule has 2 rings (SSSR count). The molecule has 0 saturated heterocycles. The first-order chi connectivity index (χ1) is 10.6. The van der Waals surface area contributed by atoms with Crippen LogP contribution in [0.4, 0.5) is 0 Å². The topological polar surface area (TPSA) is 46.2 Å². The summed E-state index contributed by atoms with van der Waals surface area (Å²) in [5, 5.41) is 3.18. The lowest BCUT2D eigenvalue weighted by Crippen LogP contribution is -2.37. The maximum absolute atomic E-state index is 12.3. The number of hydrogen-bond acceptors (Lipinski definition) is 3. The number of rotatable bonds is 7. The molecular formula is C19H21NO2. The van der Waals surface area contributed by atoms with Crippen LogP contribution in [-0.2, 0) is 11.2 Å². The molecule has 0 unspecified atom stereocenters. The number of benzene rings is 2. The van der Waals surface area contributed by atoms with Crippen molar-refractivity contribution in [3.63, 3.8) is 0 Å². The number of likely N-dealkylation sites (N-methyl/N-ethyl adjacent to an activating group) is 1. The minimum Gasteiger partial charge on any atom is -0.307 e. The number of Topliss-reactive ketones (excluding diaryl/α,β-unsaturated/α-hetero) is 1. The van der Waals surface area contributed by atoms with Gasteiger partial charge in [0.05, 0.1) is 6.04 Å². The highest BCUT2D eigenvalue weighted by molar-refractivity contribution is 6.08. The van der Waals surface area contributed by atoms with E-state index in [0.29, 0.717) is 17.5 Å². The van der Waals surface area contributed by atoms with Crippen molar-refractivity contribution in [2.75, 3.05) is 6.54 Å². The first kappa shape index (κ1) is 16.1. The molecule has 0 bridgehead atoms. The second kappa shape index (κ2) is 7.66. The molecule has 114 valence electrons. The van der Waals surface area contributed by atoms with Gasteiger partial charge in [-0.15, -0.1) is 0 Å². The van der Waals surface area contributed by atoms with Gasteiger partial charge in [0.25, 0.3) is 0 Å². The Bertz CT molecular complexity index is 632. The molecule has 0 aliphatic rings. The quantitative estimate of drug-likeness (QED) is 0.799. The standard InChI is InChI=1S/C19H21NO2/c1-3-20-18(14(2)21)13-15-9-11-17(12-10-15)19(22)16-7-5-4-6-8-16/h4-12,18,20H,3,13H2,1-2H3/t18-/m1/s1. The molecule has 0 aliphatic heterocycles. The fraction of sp³-hybridized carbons (Fsp3) is 0.263. The summed E-state index contributed by atoms with van der Waals surface area (Å²) in [4.78, 5) is 23.9. The summed E-state index contributed by atoms with van der Waals surface area (Å²) < 4.78 is 0. The van der Waals surface area contributed by atoms with E-state index in [0.717, 1.165) is 12.1 Å². The molecule has 0 fully saturated rings. The monoisotopic (exact) mass is 295 g/mol. The SMILES string of the molecule is CCN[C@H](Cc1ccc(C(=O)c2ccccc2)cc1)C(C)=O. The van der Waals surface area contributed by atoms with Crippen LogP contribution in [0, 0.1) is 0 Å². The zero-order valence-electron chi connectivity index (χ0n) is 13.0. The third-order valence-corrected chi connectivity index (χ3v) is 3.63. The van der Waals surface area contributed by atoms with Crippen molar-refractivity contribution in [2.45, 2.75) is 26.3 Å². The van der Waals surface area contributed by atoms with Gasteiger partial charge in [-0.1, -0.05) is 61.5 Å². The molecule has 0 spiro atoms. The van der Waals surface area contributed by atoms with Crippen LogP contribution in [0.2, 0.25) is 0 Å². The molecule has 22 heavy (non-hydrogen) atoms. The summed E-state index contributed by atoms with van der Waals surface area (Å²) in [5.74, 6) is 0.147. The van der Waals surface area contributed by atoms with Gasteiger partial charge in [-0.05, 0) is 25.5 Å². The molecule has 3 heteroatoms. The normalized spacial score (nSPS) is 11.9. The molecule has 0 aliphatic carbocycles. The Kier molecular flexibility index (Phi) is 5.61. The average molecular weight is 295 g/mol. The van der Waals surface area contributed by atoms with Crippen LogP contribution in [0.1, 0.15) is 35.3 Å². The fourth-order valence-corrected chi connectivity index (χ4v) is 2.39. The number of nitrogens with one attached hydrogen (secondary N) is 1. The molecule has 2 aromatic rings. The lowest BCUT2D eigenvalue weighted by molar-refractivity contribution is -0.118. The molecule has 1 atom stereocenters. The molecular weight excluding hydrogens is 274 g/mol. The fourth-order valence-electron chi connectivity index (χ4n) is 2.39. The first-order valence-electron chi connectivity index (χ1n) is 7.54. The summed E-state index contributed by atoms with van der Waals surface area (Å²) in [5.41, 5.74) is 2.40. The van der Waals surface area contributed by atoms with Crippen molar-refractivity contribution in [3.8, 4) is 0 Å². The number of ketones is 2. The van der Waals surface area contributed by atoms with E-state index in [1.54, 1.807) is 6.92 Å². The molecule has 0 radical (unpaired) electrons. The van der Waals surface area contributed by atoms with E-state index in [4.69, 9.17) is 0 Å². The Morgan fingerprint density at radius 1 is 0.955 bits per heavy atom. The summed E-state index contributed by atoms with van der Waals surface area (Å²) in [6.07, 6.45) is 0.642. The van der Waals surface area contributed by atoms with Gasteiger partial charge in [-0.3, -0.25) is 9.59 Å². The zero-order valence-corrected chi connectivity index (χ0v) is 13.0. The van der Waals surface area contributed by atoms with Crippen LogP contribution in [0.5, 0.6) is 0 Å². The van der Waals surface area contributed by atoms with Gasteiger partial charge >= 0.3 is 0 Å². The Labute approximate surface area is 131 Å². The van der Waals surface area contributed by atoms with Crippen LogP contribution < -0.4 is 5.32 Å². The highest BCUT2D eigenvalue weighted by Gasteiger charge is 2.14. The summed E-state index contributed by atoms with van der Waals surface area (Å²) in [6, 6.07) is 16.6. The molecule has 1 N–H and O–H groups in total. The summed E-state index contributed by atoms with van der Waals surface area (Å²) >= 11 is 0. The largest absolute Gasteiger partial charge is 0.307 e. The second-order valence-electron chi connectivity index (χ2n) is 5.32. The summed E-state index contributed by atoms with van der Waals surface area (Å²) in [7, 11) is 0. The van der Waals surface area contributed by atoms with E-state index in [1.807, 2.05) is 61.5 Å². The second-order valence-corrected chi connectivity index (χ2v) is 5.32. The number of hydrogen-bond donors (Lipinski definition) is 1. The number of carbonyl (C=O) groups excluding carboxylic acids is 2. The third-order valence-electron chi connectivity index (χ3n) is 3.63. The van der Waals surface area contributed by atoms with Gasteiger partial charge in [-0.25, -0.2) is 0 Å². The molecule has 0 amide bonds. The van der Waals surface area contributed by atoms with Crippen LogP contribution in [0.25, 0.3) is 0 Å². The van der Waals surface area contributed by atoms with Crippen LogP contribution >= 0.6 is 0 Å². The van der Waals surface area contributed by atoms with Crippen LogP contribution in [-0.4, -0.2) is 24.2 Å². The van der Waals surface area contributed by atoms with Crippen molar-refractivity contribution in [2.24, 2.45) is 0 Å². The molecule has 3 nitrogen and oxygen atoms in total. The van der Waals surface area contributed by atoms with Crippen molar-refractivity contribution in [1.29, 1.82) is 0 Å². The Morgan fingerprint density at radius 3 is 2.09 bits per heavy atom. The van der Waals surface area contributed by atoms with E-state index in [-0.39, 0.29) is 17.6 Å². The van der Waals surface area contributed by atoms with Crippen molar-refractivity contribution >= 4 is 11.6 Å². The van der Waals surface area contributed by atoms with E-state index in [1.165, 1.54) is 0 Å². The maximum Gasteiger partial charge on any atom is 0.193 e. The minimum absolute atomic E-state index is 0.0157. The van der Waals surface area contributed by atoms with Crippen molar-refractivity contribution < 1.29 is 9.59 Å². The highest BCUT2D eigenvalue weighted by Crippen LogP contribution is 2.12. The van der Waals surface area contributed by atoms with E-state index >= 15 is 0 Å². The lowest BCUT2D eigenvalue weighted by atomic mass is 9.98. The third kappa shape index (κ3) is 4.12. The molecule has 0 saturated carbocycles. The smallest absolute Gasteiger partial charge is 0.193 e. The maximum atomic E-state index is 12.3. The Morgan fingerprint density at radius 2 is 1.55 bits per heavy atom. The Hall–Kier alpha value is -2.26. The van der Waals surface area contributed by atoms with Gasteiger partial charge in [0.15, 0.2) is 5.78 Å². The van der Waals surface area contributed by atoms with E-state index in [2.05, 4.69) is 5.32 Å².